The molecule has 90 valence electrons. The van der Waals surface area contributed by atoms with E-state index in [0.29, 0.717) is 0 Å². The van der Waals surface area contributed by atoms with Crippen LogP contribution < -0.4 is 5.32 Å². The highest BCUT2D eigenvalue weighted by atomic mass is 79.9. The van der Waals surface area contributed by atoms with Crippen LogP contribution in [0.4, 0.5) is 0 Å². The Bertz CT molecular complexity index is 478. The number of rotatable bonds is 4. The average molecular weight is 328 g/mol. The van der Waals surface area contributed by atoms with E-state index in [1.165, 1.54) is 19.1 Å². The minimum Gasteiger partial charge on any atom is -0.309 e. The van der Waals surface area contributed by atoms with Crippen LogP contribution in [0.2, 0.25) is 0 Å². The molecular weight excluding hydrogens is 314 g/mol. The molecule has 0 aliphatic carbocycles. The molecule has 2 rings (SSSR count). The monoisotopic (exact) mass is 327 g/mol. The lowest BCUT2D eigenvalue weighted by Gasteiger charge is -2.15. The molecule has 1 aromatic carbocycles. The van der Waals surface area contributed by atoms with E-state index in [4.69, 9.17) is 0 Å². The molecule has 1 atom stereocenters. The van der Waals surface area contributed by atoms with Gasteiger partial charge in [0.2, 0.25) is 0 Å². The van der Waals surface area contributed by atoms with Gasteiger partial charge in [0, 0.05) is 9.77 Å². The molecule has 1 heterocycles. The fourth-order valence-corrected chi connectivity index (χ4v) is 3.72. The van der Waals surface area contributed by atoms with Crippen LogP contribution in [0.1, 0.15) is 16.5 Å². The molecule has 4 heteroatoms. The van der Waals surface area contributed by atoms with Crippen LogP contribution in [-0.4, -0.2) is 13.3 Å². The van der Waals surface area contributed by atoms with Gasteiger partial charge in [-0.3, -0.25) is 0 Å². The van der Waals surface area contributed by atoms with Crippen LogP contribution >= 0.6 is 39.0 Å². The smallest absolute Gasteiger partial charge is 0.0702 e. The third-order valence-corrected chi connectivity index (χ3v) is 5.05. The number of halogens is 1. The maximum absolute atomic E-state index is 3.51. The second-order valence-corrected chi connectivity index (χ2v) is 7.01. The van der Waals surface area contributed by atoms with E-state index in [1.807, 2.05) is 7.05 Å². The molecule has 0 spiro atoms. The van der Waals surface area contributed by atoms with Crippen LogP contribution in [0, 0.1) is 0 Å². The minimum atomic E-state index is 0.280. The molecule has 0 aliphatic rings. The lowest BCUT2D eigenvalue weighted by molar-refractivity contribution is 0.703. The summed E-state index contributed by atoms with van der Waals surface area (Å²) >= 11 is 7.06. The molecule has 0 fully saturated rings. The van der Waals surface area contributed by atoms with Gasteiger partial charge in [0.05, 0.1) is 9.83 Å². The lowest BCUT2D eigenvalue weighted by atomic mass is 10.1. The van der Waals surface area contributed by atoms with Crippen molar-refractivity contribution in [1.82, 2.24) is 5.32 Å². The van der Waals surface area contributed by atoms with Gasteiger partial charge in [0.15, 0.2) is 0 Å². The molecule has 1 aromatic heterocycles. The Morgan fingerprint density at radius 1 is 1.18 bits per heavy atom. The molecule has 17 heavy (non-hydrogen) atoms. The molecule has 1 nitrogen and oxygen atoms in total. The van der Waals surface area contributed by atoms with Gasteiger partial charge in [-0.25, -0.2) is 0 Å². The average Bonchev–Trinajstić information content (AvgIpc) is 2.78. The van der Waals surface area contributed by atoms with Gasteiger partial charge in [0.25, 0.3) is 0 Å². The summed E-state index contributed by atoms with van der Waals surface area (Å²) in [7, 11) is 2.00. The van der Waals surface area contributed by atoms with Gasteiger partial charge in [-0.2, -0.15) is 0 Å². The standard InChI is InChI=1S/C13H14BrNS2/c1-15-13(11-7-8-12(14)17-11)9-3-5-10(16-2)6-4-9/h3-8,13,15H,1-2H3. The van der Waals surface area contributed by atoms with Crippen molar-refractivity contribution in [1.29, 1.82) is 0 Å². The van der Waals surface area contributed by atoms with Crippen molar-refractivity contribution in [3.05, 3.63) is 50.6 Å². The second kappa shape index (κ2) is 6.05. The summed E-state index contributed by atoms with van der Waals surface area (Å²) in [5, 5.41) is 3.37. The molecular formula is C13H14BrNS2. The van der Waals surface area contributed by atoms with Crippen LogP contribution in [0.5, 0.6) is 0 Å². The van der Waals surface area contributed by atoms with Gasteiger partial charge in [-0.05, 0) is 59.1 Å². The zero-order chi connectivity index (χ0) is 12.3. The van der Waals surface area contributed by atoms with Crippen LogP contribution in [-0.2, 0) is 0 Å². The first-order valence-corrected chi connectivity index (χ1v) is 8.14. The number of thioether (sulfide) groups is 1. The number of hydrogen-bond acceptors (Lipinski definition) is 3. The van der Waals surface area contributed by atoms with Crippen molar-refractivity contribution >= 4 is 39.0 Å². The Hall–Kier alpha value is -0.290. The first-order valence-electron chi connectivity index (χ1n) is 5.31. The Morgan fingerprint density at radius 3 is 2.35 bits per heavy atom. The zero-order valence-corrected chi connectivity index (χ0v) is 13.0. The SMILES string of the molecule is CNC(c1ccc(SC)cc1)c1ccc(Br)s1. The quantitative estimate of drug-likeness (QED) is 0.827. The number of thiophene rings is 1. The molecule has 0 radical (unpaired) electrons. The highest BCUT2D eigenvalue weighted by Gasteiger charge is 2.13. The summed E-state index contributed by atoms with van der Waals surface area (Å²) in [6.45, 7) is 0. The Balaban J connectivity index is 2.28. The van der Waals surface area contributed by atoms with Crippen molar-refractivity contribution in [2.24, 2.45) is 0 Å². The second-order valence-electron chi connectivity index (χ2n) is 3.64. The topological polar surface area (TPSA) is 12.0 Å². The van der Waals surface area contributed by atoms with Gasteiger partial charge in [0.1, 0.15) is 0 Å². The van der Waals surface area contributed by atoms with Crippen LogP contribution in [0.25, 0.3) is 0 Å². The van der Waals surface area contributed by atoms with Crippen molar-refractivity contribution < 1.29 is 0 Å². The fourth-order valence-electron chi connectivity index (χ4n) is 1.75. The summed E-state index contributed by atoms with van der Waals surface area (Å²) < 4.78 is 1.17. The summed E-state index contributed by atoms with van der Waals surface area (Å²) in [4.78, 5) is 2.63. The minimum absolute atomic E-state index is 0.280. The largest absolute Gasteiger partial charge is 0.309 e. The summed E-state index contributed by atoms with van der Waals surface area (Å²) in [5.74, 6) is 0. The Labute approximate surface area is 119 Å². The van der Waals surface area contributed by atoms with E-state index in [1.54, 1.807) is 23.1 Å². The summed E-state index contributed by atoms with van der Waals surface area (Å²) in [5.41, 5.74) is 1.31. The van der Waals surface area contributed by atoms with Crippen molar-refractivity contribution in [3.8, 4) is 0 Å². The first-order chi connectivity index (χ1) is 8.24. The molecule has 1 unspecified atom stereocenters. The van der Waals surface area contributed by atoms with Crippen molar-refractivity contribution in [3.63, 3.8) is 0 Å². The van der Waals surface area contributed by atoms with Crippen LogP contribution in [0.15, 0.2) is 45.1 Å². The molecule has 1 N–H and O–H groups in total. The van der Waals surface area contributed by atoms with E-state index in [0.717, 1.165) is 0 Å². The van der Waals surface area contributed by atoms with E-state index in [9.17, 15) is 0 Å². The summed E-state index contributed by atoms with van der Waals surface area (Å²) in [6, 6.07) is 13.3. The molecule has 2 aromatic rings. The molecule has 0 bridgehead atoms. The van der Waals surface area contributed by atoms with Gasteiger partial charge in [-0.15, -0.1) is 23.1 Å². The predicted molar refractivity (Wildman–Crippen MR) is 81.1 cm³/mol. The van der Waals surface area contributed by atoms with Crippen LogP contribution in [0.3, 0.4) is 0 Å². The third-order valence-electron chi connectivity index (χ3n) is 2.62. The number of benzene rings is 1. The highest BCUT2D eigenvalue weighted by Crippen LogP contribution is 2.31. The Kier molecular flexibility index (Phi) is 4.68. The molecule has 0 aliphatic heterocycles. The Morgan fingerprint density at radius 2 is 1.88 bits per heavy atom. The van der Waals surface area contributed by atoms with Gasteiger partial charge < -0.3 is 5.32 Å². The maximum atomic E-state index is 3.51. The van der Waals surface area contributed by atoms with E-state index < -0.39 is 0 Å². The fraction of sp³-hybridized carbons (Fsp3) is 0.231. The highest BCUT2D eigenvalue weighted by molar-refractivity contribution is 9.11. The molecule has 0 saturated carbocycles. The van der Waals surface area contributed by atoms with Crippen molar-refractivity contribution in [2.75, 3.05) is 13.3 Å². The molecule has 0 amide bonds. The van der Waals surface area contributed by atoms with Crippen molar-refractivity contribution in [2.45, 2.75) is 10.9 Å². The normalized spacial score (nSPS) is 12.6. The third kappa shape index (κ3) is 3.13. The molecule has 0 saturated heterocycles. The number of nitrogens with one attached hydrogen (secondary N) is 1. The first kappa shape index (κ1) is 13.1. The van der Waals surface area contributed by atoms with Gasteiger partial charge >= 0.3 is 0 Å². The van der Waals surface area contributed by atoms with Gasteiger partial charge in [-0.1, -0.05) is 12.1 Å². The lowest BCUT2D eigenvalue weighted by Crippen LogP contribution is -2.16. The van der Waals surface area contributed by atoms with E-state index >= 15 is 0 Å². The van der Waals surface area contributed by atoms with E-state index in [2.05, 4.69) is 63.9 Å². The zero-order valence-electron chi connectivity index (χ0n) is 9.74. The maximum Gasteiger partial charge on any atom is 0.0702 e. The predicted octanol–water partition coefficient (Wildman–Crippen LogP) is 4.54. The number of hydrogen-bond donors (Lipinski definition) is 1. The summed E-state index contributed by atoms with van der Waals surface area (Å²) in [6.07, 6.45) is 2.10. The van der Waals surface area contributed by atoms with E-state index in [-0.39, 0.29) is 6.04 Å².